The average molecular weight is 455 g/mol. The molecule has 0 bridgehead atoms. The first-order valence-electron chi connectivity index (χ1n) is 11.3. The highest BCUT2D eigenvalue weighted by Gasteiger charge is 2.34. The summed E-state index contributed by atoms with van der Waals surface area (Å²) in [6.07, 6.45) is -0.426. The Morgan fingerprint density at radius 1 is 0.818 bits per heavy atom. The summed E-state index contributed by atoms with van der Waals surface area (Å²) in [4.78, 5) is 25.2. The van der Waals surface area contributed by atoms with Crippen molar-refractivity contribution >= 4 is 23.4 Å². The van der Waals surface area contributed by atoms with Crippen molar-refractivity contribution in [2.75, 3.05) is 10.6 Å². The standard InChI is InChI=1S/C27H38N2O4/c1-17-10-12-22(14-19(17)3)28-24(30)27(8,9)32-21(5)16-26(6,7)33-25(31)29-23-13-11-18(2)20(4)15-23/h10-15,21H,16H2,1-9H3,(H,28,30)(H,29,31). The summed E-state index contributed by atoms with van der Waals surface area (Å²) in [5.74, 6) is -0.233. The second-order valence-electron chi connectivity index (χ2n) is 9.97. The van der Waals surface area contributed by atoms with Crippen LogP contribution in [0.4, 0.5) is 16.2 Å². The van der Waals surface area contributed by atoms with Crippen LogP contribution in [-0.2, 0) is 14.3 Å². The zero-order chi connectivity index (χ0) is 25.0. The van der Waals surface area contributed by atoms with Crippen molar-refractivity contribution in [3.8, 4) is 0 Å². The fraction of sp³-hybridized carbons (Fsp3) is 0.481. The third kappa shape index (κ3) is 7.90. The molecule has 0 aliphatic carbocycles. The van der Waals surface area contributed by atoms with E-state index in [4.69, 9.17) is 9.47 Å². The molecule has 2 rings (SSSR count). The van der Waals surface area contributed by atoms with Crippen LogP contribution < -0.4 is 10.6 Å². The van der Waals surface area contributed by atoms with Gasteiger partial charge in [0.05, 0.1) is 6.10 Å². The van der Waals surface area contributed by atoms with E-state index in [9.17, 15) is 9.59 Å². The zero-order valence-corrected chi connectivity index (χ0v) is 21.4. The molecule has 180 valence electrons. The molecule has 0 saturated heterocycles. The van der Waals surface area contributed by atoms with Crippen LogP contribution in [-0.4, -0.2) is 29.3 Å². The van der Waals surface area contributed by atoms with Crippen LogP contribution in [0.15, 0.2) is 36.4 Å². The number of rotatable bonds is 8. The number of benzene rings is 2. The van der Waals surface area contributed by atoms with Gasteiger partial charge in [-0.15, -0.1) is 0 Å². The summed E-state index contributed by atoms with van der Waals surface area (Å²) in [5.41, 5.74) is 4.10. The average Bonchev–Trinajstić information content (AvgIpc) is 2.66. The van der Waals surface area contributed by atoms with Gasteiger partial charge in [-0.1, -0.05) is 12.1 Å². The SMILES string of the molecule is Cc1ccc(NC(=O)OC(C)(C)CC(C)OC(C)(C)C(=O)Nc2ccc(C)c(C)c2)cc1C. The second kappa shape index (κ2) is 10.4. The number of hydrogen-bond acceptors (Lipinski definition) is 4. The number of hydrogen-bond donors (Lipinski definition) is 2. The van der Waals surface area contributed by atoms with E-state index in [1.807, 2.05) is 84.9 Å². The number of ether oxygens (including phenoxy) is 2. The highest BCUT2D eigenvalue weighted by molar-refractivity contribution is 5.96. The molecule has 2 N–H and O–H groups in total. The number of anilines is 2. The van der Waals surface area contributed by atoms with Gasteiger partial charge in [0.25, 0.3) is 5.91 Å². The van der Waals surface area contributed by atoms with Gasteiger partial charge < -0.3 is 14.8 Å². The molecule has 0 aliphatic heterocycles. The third-order valence-corrected chi connectivity index (χ3v) is 5.71. The normalized spacial score (nSPS) is 12.8. The van der Waals surface area contributed by atoms with Gasteiger partial charge in [0, 0.05) is 17.8 Å². The summed E-state index contributed by atoms with van der Waals surface area (Å²) in [5, 5.41) is 5.70. The van der Waals surface area contributed by atoms with Gasteiger partial charge in [0.1, 0.15) is 11.2 Å². The molecule has 2 aromatic rings. The third-order valence-electron chi connectivity index (χ3n) is 5.71. The van der Waals surface area contributed by atoms with Crippen LogP contribution in [0.2, 0.25) is 0 Å². The Bertz CT molecular complexity index is 1010. The van der Waals surface area contributed by atoms with Gasteiger partial charge in [-0.3, -0.25) is 10.1 Å². The smallest absolute Gasteiger partial charge is 0.412 e. The van der Waals surface area contributed by atoms with Crippen molar-refractivity contribution < 1.29 is 19.1 Å². The van der Waals surface area contributed by atoms with E-state index >= 15 is 0 Å². The molecule has 1 atom stereocenters. The molecule has 33 heavy (non-hydrogen) atoms. The number of amides is 2. The van der Waals surface area contributed by atoms with Crippen molar-refractivity contribution in [1.29, 1.82) is 0 Å². The van der Waals surface area contributed by atoms with Gasteiger partial charge in [0.2, 0.25) is 0 Å². The molecule has 6 nitrogen and oxygen atoms in total. The van der Waals surface area contributed by atoms with E-state index in [0.717, 1.165) is 22.4 Å². The molecule has 0 heterocycles. The predicted molar refractivity (Wildman–Crippen MR) is 134 cm³/mol. The van der Waals surface area contributed by atoms with E-state index < -0.39 is 17.3 Å². The topological polar surface area (TPSA) is 76.7 Å². The first-order chi connectivity index (χ1) is 15.2. The van der Waals surface area contributed by atoms with Crippen molar-refractivity contribution in [2.24, 2.45) is 0 Å². The lowest BCUT2D eigenvalue weighted by atomic mass is 10.00. The molecule has 0 saturated carbocycles. The summed E-state index contributed by atoms with van der Waals surface area (Å²) in [6.45, 7) is 17.1. The summed E-state index contributed by atoms with van der Waals surface area (Å²) >= 11 is 0. The molecule has 0 radical (unpaired) electrons. The first kappa shape index (κ1) is 26.4. The number of carbonyl (C=O) groups is 2. The number of aryl methyl sites for hydroxylation is 4. The van der Waals surface area contributed by atoms with Crippen molar-refractivity contribution in [3.05, 3.63) is 58.7 Å². The van der Waals surface area contributed by atoms with Crippen LogP contribution in [0.3, 0.4) is 0 Å². The monoisotopic (exact) mass is 454 g/mol. The quantitative estimate of drug-likeness (QED) is 0.480. The maximum absolute atomic E-state index is 12.8. The Labute approximate surface area is 198 Å². The molecule has 6 heteroatoms. The van der Waals surface area contributed by atoms with Crippen LogP contribution >= 0.6 is 0 Å². The maximum Gasteiger partial charge on any atom is 0.412 e. The molecule has 0 fully saturated rings. The van der Waals surface area contributed by atoms with E-state index in [1.54, 1.807) is 13.8 Å². The van der Waals surface area contributed by atoms with Crippen LogP contribution in [0, 0.1) is 27.7 Å². The minimum absolute atomic E-state index is 0.233. The Hall–Kier alpha value is -2.86. The van der Waals surface area contributed by atoms with Gasteiger partial charge in [-0.25, -0.2) is 4.79 Å². The summed E-state index contributed by atoms with van der Waals surface area (Å²) in [7, 11) is 0. The summed E-state index contributed by atoms with van der Waals surface area (Å²) in [6, 6.07) is 11.5. The molecular weight excluding hydrogens is 416 g/mol. The Balaban J connectivity index is 1.92. The summed E-state index contributed by atoms with van der Waals surface area (Å²) < 4.78 is 11.7. The molecular formula is C27H38N2O4. The van der Waals surface area contributed by atoms with E-state index in [-0.39, 0.29) is 12.0 Å². The minimum Gasteiger partial charge on any atom is -0.443 e. The van der Waals surface area contributed by atoms with Crippen LogP contribution in [0.25, 0.3) is 0 Å². The van der Waals surface area contributed by atoms with Crippen molar-refractivity contribution in [1.82, 2.24) is 0 Å². The Morgan fingerprint density at radius 3 is 1.79 bits per heavy atom. The lowest BCUT2D eigenvalue weighted by molar-refractivity contribution is -0.146. The molecule has 2 amide bonds. The molecule has 0 spiro atoms. The van der Waals surface area contributed by atoms with Gasteiger partial charge in [0.15, 0.2) is 0 Å². The van der Waals surface area contributed by atoms with E-state index in [0.29, 0.717) is 12.1 Å². The lowest BCUT2D eigenvalue weighted by Crippen LogP contribution is -2.44. The highest BCUT2D eigenvalue weighted by Crippen LogP contribution is 2.25. The Kier molecular flexibility index (Phi) is 8.30. The van der Waals surface area contributed by atoms with Crippen molar-refractivity contribution in [2.45, 2.75) is 86.0 Å². The van der Waals surface area contributed by atoms with Gasteiger partial charge in [-0.05, 0) is 109 Å². The minimum atomic E-state index is -1.06. The van der Waals surface area contributed by atoms with Gasteiger partial charge in [-0.2, -0.15) is 0 Å². The molecule has 0 aliphatic rings. The zero-order valence-electron chi connectivity index (χ0n) is 21.4. The number of nitrogens with one attached hydrogen (secondary N) is 2. The fourth-order valence-electron chi connectivity index (χ4n) is 3.65. The first-order valence-corrected chi connectivity index (χ1v) is 11.3. The van der Waals surface area contributed by atoms with Crippen LogP contribution in [0.1, 0.15) is 63.3 Å². The molecule has 0 aromatic heterocycles. The maximum atomic E-state index is 12.8. The van der Waals surface area contributed by atoms with Gasteiger partial charge >= 0.3 is 6.09 Å². The van der Waals surface area contributed by atoms with Crippen LogP contribution in [0.5, 0.6) is 0 Å². The van der Waals surface area contributed by atoms with E-state index in [1.165, 1.54) is 5.56 Å². The van der Waals surface area contributed by atoms with Crippen molar-refractivity contribution in [3.63, 3.8) is 0 Å². The van der Waals surface area contributed by atoms with E-state index in [2.05, 4.69) is 10.6 Å². The molecule has 1 unspecified atom stereocenters. The Morgan fingerprint density at radius 2 is 1.30 bits per heavy atom. The highest BCUT2D eigenvalue weighted by atomic mass is 16.6. The second-order valence-corrected chi connectivity index (χ2v) is 9.97. The lowest BCUT2D eigenvalue weighted by Gasteiger charge is -2.33. The molecule has 2 aromatic carbocycles. The fourth-order valence-corrected chi connectivity index (χ4v) is 3.65. The largest absolute Gasteiger partial charge is 0.443 e. The predicted octanol–water partition coefficient (Wildman–Crippen LogP) is 6.46. The number of carbonyl (C=O) groups excluding carboxylic acids is 2.